The molecule has 1 aliphatic carbocycles. The summed E-state index contributed by atoms with van der Waals surface area (Å²) in [4.78, 5) is 14.4. The molecular formula is C22H26Cl2N4O. The van der Waals surface area contributed by atoms with Crippen molar-refractivity contribution < 1.29 is 4.74 Å². The number of benzene rings is 1. The molecule has 0 spiro atoms. The standard InChI is InChI=1S/C22H26Cl2N4O/c1-3-8-29-19-9-15-12-27(18-7-6-16(23)10-17(18)24)21-20(15)22(26-13(2)25-21)28(19)11-14-4-5-14/h6-7,10,14-15,19H,3-5,8-9,11-12H2,1-2H3. The SMILES string of the molecule is CCCOC1CC2CN(c3ccc(Cl)cc3Cl)c3nc(C)nc(c32)N1CC1CC1. The van der Waals surface area contributed by atoms with Gasteiger partial charge in [-0.1, -0.05) is 30.1 Å². The predicted molar refractivity (Wildman–Crippen MR) is 118 cm³/mol. The smallest absolute Gasteiger partial charge is 0.142 e. The molecule has 3 aliphatic rings. The van der Waals surface area contributed by atoms with Gasteiger partial charge >= 0.3 is 0 Å². The van der Waals surface area contributed by atoms with Gasteiger partial charge in [-0.15, -0.1) is 0 Å². The molecule has 2 aliphatic heterocycles. The zero-order valence-corrected chi connectivity index (χ0v) is 18.4. The van der Waals surface area contributed by atoms with Crippen LogP contribution in [0.1, 0.15) is 49.9 Å². The molecule has 2 aromatic rings. The average molecular weight is 433 g/mol. The quantitative estimate of drug-likeness (QED) is 0.585. The highest BCUT2D eigenvalue weighted by molar-refractivity contribution is 6.36. The molecule has 5 rings (SSSR count). The second-order valence-electron chi connectivity index (χ2n) is 8.39. The lowest BCUT2D eigenvalue weighted by molar-refractivity contribution is 0.0362. The first-order valence-electron chi connectivity index (χ1n) is 10.5. The van der Waals surface area contributed by atoms with E-state index in [0.29, 0.717) is 16.0 Å². The molecule has 0 N–H and O–H groups in total. The van der Waals surface area contributed by atoms with Crippen molar-refractivity contribution in [1.29, 1.82) is 0 Å². The Morgan fingerprint density at radius 3 is 2.69 bits per heavy atom. The first-order chi connectivity index (χ1) is 14.0. The fourth-order valence-electron chi connectivity index (χ4n) is 4.55. The lowest BCUT2D eigenvalue weighted by Crippen LogP contribution is -2.44. The summed E-state index contributed by atoms with van der Waals surface area (Å²) in [5.74, 6) is 3.92. The van der Waals surface area contributed by atoms with Gasteiger partial charge in [-0.3, -0.25) is 0 Å². The molecule has 1 fully saturated rings. The van der Waals surface area contributed by atoms with E-state index in [4.69, 9.17) is 37.9 Å². The third kappa shape index (κ3) is 3.58. The molecule has 1 aromatic carbocycles. The van der Waals surface area contributed by atoms with E-state index in [0.717, 1.165) is 61.6 Å². The van der Waals surface area contributed by atoms with Crippen LogP contribution in [0.15, 0.2) is 18.2 Å². The van der Waals surface area contributed by atoms with Crippen molar-refractivity contribution in [2.75, 3.05) is 29.5 Å². The van der Waals surface area contributed by atoms with Crippen LogP contribution in [0.5, 0.6) is 0 Å². The van der Waals surface area contributed by atoms with Gasteiger partial charge in [0, 0.05) is 42.6 Å². The van der Waals surface area contributed by atoms with Crippen LogP contribution in [0, 0.1) is 12.8 Å². The molecule has 7 heteroatoms. The van der Waals surface area contributed by atoms with Gasteiger partial charge in [0.05, 0.1) is 10.7 Å². The van der Waals surface area contributed by atoms with Crippen LogP contribution >= 0.6 is 23.2 Å². The molecule has 1 saturated carbocycles. The number of halogens is 2. The van der Waals surface area contributed by atoms with Crippen LogP contribution in [-0.2, 0) is 4.74 Å². The minimum atomic E-state index is 0.0795. The number of rotatable bonds is 6. The highest BCUT2D eigenvalue weighted by Gasteiger charge is 2.44. The second-order valence-corrected chi connectivity index (χ2v) is 9.24. The number of hydrogen-bond acceptors (Lipinski definition) is 5. The van der Waals surface area contributed by atoms with Crippen molar-refractivity contribution >= 4 is 40.5 Å². The summed E-state index contributed by atoms with van der Waals surface area (Å²) in [6.07, 6.45) is 4.67. The van der Waals surface area contributed by atoms with Crippen LogP contribution in [0.3, 0.4) is 0 Å². The van der Waals surface area contributed by atoms with Gasteiger partial charge in [-0.25, -0.2) is 9.97 Å². The van der Waals surface area contributed by atoms with Crippen LogP contribution in [0.2, 0.25) is 10.0 Å². The van der Waals surface area contributed by atoms with E-state index < -0.39 is 0 Å². The van der Waals surface area contributed by atoms with Crippen molar-refractivity contribution in [1.82, 2.24) is 9.97 Å². The summed E-state index contributed by atoms with van der Waals surface area (Å²) in [5, 5.41) is 1.29. The van der Waals surface area contributed by atoms with E-state index in [1.54, 1.807) is 6.07 Å². The van der Waals surface area contributed by atoms with Crippen LogP contribution in [0.25, 0.3) is 0 Å². The van der Waals surface area contributed by atoms with Crippen LogP contribution in [-0.4, -0.2) is 35.9 Å². The lowest BCUT2D eigenvalue weighted by Gasteiger charge is -2.39. The number of aromatic nitrogens is 2. The monoisotopic (exact) mass is 432 g/mol. The third-order valence-electron chi connectivity index (χ3n) is 6.06. The van der Waals surface area contributed by atoms with Gasteiger partial charge in [0.1, 0.15) is 23.7 Å². The van der Waals surface area contributed by atoms with Gasteiger partial charge in [0.15, 0.2) is 0 Å². The van der Waals surface area contributed by atoms with Crippen molar-refractivity contribution in [3.8, 4) is 0 Å². The fraction of sp³-hybridized carbons (Fsp3) is 0.545. The Morgan fingerprint density at radius 2 is 1.97 bits per heavy atom. The normalized spacial score (nSPS) is 22.9. The van der Waals surface area contributed by atoms with E-state index in [1.165, 1.54) is 18.4 Å². The average Bonchev–Trinajstić information content (AvgIpc) is 3.44. The Hall–Kier alpha value is -1.56. The zero-order valence-electron chi connectivity index (χ0n) is 16.9. The number of ether oxygens (including phenoxy) is 1. The number of hydrogen-bond donors (Lipinski definition) is 0. The minimum Gasteiger partial charge on any atom is -0.358 e. The van der Waals surface area contributed by atoms with Gasteiger partial charge in [-0.2, -0.15) is 0 Å². The summed E-state index contributed by atoms with van der Waals surface area (Å²) in [7, 11) is 0. The molecule has 154 valence electrons. The number of aryl methyl sites for hydroxylation is 1. The van der Waals surface area contributed by atoms with Gasteiger partial charge in [0.2, 0.25) is 0 Å². The Bertz CT molecular complexity index is 933. The van der Waals surface area contributed by atoms with Gasteiger partial charge in [0.25, 0.3) is 0 Å². The van der Waals surface area contributed by atoms with E-state index >= 15 is 0 Å². The van der Waals surface area contributed by atoms with Crippen molar-refractivity contribution in [2.24, 2.45) is 5.92 Å². The summed E-state index contributed by atoms with van der Waals surface area (Å²) in [5.41, 5.74) is 2.20. The van der Waals surface area contributed by atoms with E-state index in [1.807, 2.05) is 19.1 Å². The molecule has 5 nitrogen and oxygen atoms in total. The summed E-state index contributed by atoms with van der Waals surface area (Å²) in [6, 6.07) is 5.67. The maximum atomic E-state index is 6.56. The summed E-state index contributed by atoms with van der Waals surface area (Å²) >= 11 is 12.7. The number of nitrogens with zero attached hydrogens (tertiary/aromatic N) is 4. The van der Waals surface area contributed by atoms with Crippen molar-refractivity contribution in [3.63, 3.8) is 0 Å². The molecular weight excluding hydrogens is 407 g/mol. The zero-order chi connectivity index (χ0) is 20.1. The van der Waals surface area contributed by atoms with Crippen molar-refractivity contribution in [3.05, 3.63) is 39.6 Å². The molecule has 1 aromatic heterocycles. The molecule has 0 amide bonds. The fourth-order valence-corrected chi connectivity index (χ4v) is 5.06. The largest absolute Gasteiger partial charge is 0.358 e. The first-order valence-corrected chi connectivity index (χ1v) is 11.3. The Balaban J connectivity index is 1.58. The molecule has 0 bridgehead atoms. The molecule has 2 atom stereocenters. The predicted octanol–water partition coefficient (Wildman–Crippen LogP) is 5.70. The Labute approximate surface area is 182 Å². The van der Waals surface area contributed by atoms with Crippen LogP contribution < -0.4 is 9.80 Å². The van der Waals surface area contributed by atoms with Gasteiger partial charge < -0.3 is 14.5 Å². The molecule has 29 heavy (non-hydrogen) atoms. The second kappa shape index (κ2) is 7.60. The summed E-state index contributed by atoms with van der Waals surface area (Å²) < 4.78 is 6.31. The van der Waals surface area contributed by atoms with Crippen molar-refractivity contribution in [2.45, 2.75) is 51.7 Å². The van der Waals surface area contributed by atoms with E-state index in [-0.39, 0.29) is 6.23 Å². The maximum absolute atomic E-state index is 6.56. The first kappa shape index (κ1) is 19.4. The topological polar surface area (TPSA) is 41.5 Å². The Kier molecular flexibility index (Phi) is 5.09. The highest BCUT2D eigenvalue weighted by atomic mass is 35.5. The third-order valence-corrected chi connectivity index (χ3v) is 6.59. The molecule has 0 saturated heterocycles. The van der Waals surface area contributed by atoms with Gasteiger partial charge in [-0.05, 0) is 50.3 Å². The molecule has 3 heterocycles. The Morgan fingerprint density at radius 1 is 1.17 bits per heavy atom. The number of anilines is 3. The summed E-state index contributed by atoms with van der Waals surface area (Å²) in [6.45, 7) is 6.76. The highest BCUT2D eigenvalue weighted by Crippen LogP contribution is 2.51. The minimum absolute atomic E-state index is 0.0795. The van der Waals surface area contributed by atoms with E-state index in [9.17, 15) is 0 Å². The molecule has 0 radical (unpaired) electrons. The molecule has 2 unspecified atom stereocenters. The maximum Gasteiger partial charge on any atom is 0.142 e. The van der Waals surface area contributed by atoms with E-state index in [2.05, 4.69) is 16.7 Å². The lowest BCUT2D eigenvalue weighted by atomic mass is 9.93. The van der Waals surface area contributed by atoms with Crippen LogP contribution in [0.4, 0.5) is 17.3 Å².